The summed E-state index contributed by atoms with van der Waals surface area (Å²) in [6.07, 6.45) is 11.4. The van der Waals surface area contributed by atoms with Crippen LogP contribution in [0.1, 0.15) is 65.2 Å². The molecule has 0 bridgehead atoms. The predicted molar refractivity (Wildman–Crippen MR) is 78.9 cm³/mol. The van der Waals surface area contributed by atoms with E-state index in [-0.39, 0.29) is 0 Å². The van der Waals surface area contributed by atoms with Crippen molar-refractivity contribution in [3.63, 3.8) is 0 Å². The Morgan fingerprint density at radius 1 is 1.06 bits per heavy atom. The highest BCUT2D eigenvalue weighted by Crippen LogP contribution is 2.28. The Kier molecular flexibility index (Phi) is 5.97. The fourth-order valence-electron chi connectivity index (χ4n) is 3.77. The number of nitrogens with one attached hydrogen (secondary N) is 1. The molecule has 18 heavy (non-hydrogen) atoms. The zero-order chi connectivity index (χ0) is 12.8. The number of hydrogen-bond acceptors (Lipinski definition) is 2. The van der Waals surface area contributed by atoms with Crippen molar-refractivity contribution in [1.29, 1.82) is 0 Å². The lowest BCUT2D eigenvalue weighted by Gasteiger charge is -2.41. The Bertz CT molecular complexity index is 215. The highest BCUT2D eigenvalue weighted by atomic mass is 15.2. The van der Waals surface area contributed by atoms with Crippen LogP contribution in [0, 0.1) is 5.92 Å². The molecule has 1 aliphatic carbocycles. The van der Waals surface area contributed by atoms with Crippen LogP contribution in [-0.2, 0) is 0 Å². The van der Waals surface area contributed by atoms with Crippen molar-refractivity contribution in [1.82, 2.24) is 10.2 Å². The monoisotopic (exact) mass is 252 g/mol. The summed E-state index contributed by atoms with van der Waals surface area (Å²) in [5, 5.41) is 3.68. The Hall–Kier alpha value is -0.0800. The van der Waals surface area contributed by atoms with Gasteiger partial charge >= 0.3 is 0 Å². The summed E-state index contributed by atoms with van der Waals surface area (Å²) < 4.78 is 0. The van der Waals surface area contributed by atoms with Crippen LogP contribution >= 0.6 is 0 Å². The van der Waals surface area contributed by atoms with Crippen molar-refractivity contribution >= 4 is 0 Å². The van der Waals surface area contributed by atoms with Crippen molar-refractivity contribution < 1.29 is 0 Å². The fourth-order valence-corrected chi connectivity index (χ4v) is 3.77. The maximum atomic E-state index is 3.68. The van der Waals surface area contributed by atoms with Gasteiger partial charge in [-0.15, -0.1) is 0 Å². The third-order valence-electron chi connectivity index (χ3n) is 5.09. The Balaban J connectivity index is 1.70. The van der Waals surface area contributed by atoms with Gasteiger partial charge in [-0.2, -0.15) is 0 Å². The largest absolute Gasteiger partial charge is 0.314 e. The Morgan fingerprint density at radius 2 is 1.72 bits per heavy atom. The average Bonchev–Trinajstić information content (AvgIpc) is 2.46. The fraction of sp³-hybridized carbons (Fsp3) is 1.00. The van der Waals surface area contributed by atoms with Crippen LogP contribution in [0.25, 0.3) is 0 Å². The minimum atomic E-state index is 0.721. The van der Waals surface area contributed by atoms with E-state index >= 15 is 0 Å². The molecule has 1 saturated carbocycles. The number of rotatable bonds is 5. The average molecular weight is 252 g/mol. The van der Waals surface area contributed by atoms with Gasteiger partial charge < -0.3 is 10.2 Å². The van der Waals surface area contributed by atoms with Gasteiger partial charge in [0.05, 0.1) is 0 Å². The van der Waals surface area contributed by atoms with E-state index in [1.807, 2.05) is 0 Å². The molecule has 1 atom stereocenters. The van der Waals surface area contributed by atoms with Crippen LogP contribution in [-0.4, -0.2) is 36.6 Å². The minimum Gasteiger partial charge on any atom is -0.314 e. The smallest absolute Gasteiger partial charge is 0.00952 e. The van der Waals surface area contributed by atoms with E-state index in [9.17, 15) is 0 Å². The minimum absolute atomic E-state index is 0.721. The van der Waals surface area contributed by atoms with E-state index in [4.69, 9.17) is 0 Å². The highest BCUT2D eigenvalue weighted by Gasteiger charge is 2.28. The molecule has 106 valence electrons. The lowest BCUT2D eigenvalue weighted by molar-refractivity contribution is 0.0967. The van der Waals surface area contributed by atoms with Crippen molar-refractivity contribution in [2.45, 2.75) is 77.3 Å². The first-order chi connectivity index (χ1) is 8.81. The molecule has 1 N–H and O–H groups in total. The Morgan fingerprint density at radius 3 is 2.33 bits per heavy atom. The van der Waals surface area contributed by atoms with E-state index in [0.717, 1.165) is 18.0 Å². The molecule has 0 aromatic rings. The van der Waals surface area contributed by atoms with Crippen LogP contribution in [0.2, 0.25) is 0 Å². The maximum absolute atomic E-state index is 3.68. The zero-order valence-corrected chi connectivity index (χ0v) is 12.5. The van der Waals surface area contributed by atoms with E-state index in [0.29, 0.717) is 0 Å². The highest BCUT2D eigenvalue weighted by molar-refractivity contribution is 4.84. The third-order valence-corrected chi connectivity index (χ3v) is 5.09. The number of hydrogen-bond donors (Lipinski definition) is 1. The number of piperidine rings is 1. The van der Waals surface area contributed by atoms with Gasteiger partial charge in [-0.25, -0.2) is 0 Å². The summed E-state index contributed by atoms with van der Waals surface area (Å²) in [4.78, 5) is 2.79. The molecular weight excluding hydrogens is 220 g/mol. The van der Waals surface area contributed by atoms with Gasteiger partial charge in [0.2, 0.25) is 0 Å². The van der Waals surface area contributed by atoms with Crippen molar-refractivity contribution in [3.8, 4) is 0 Å². The first-order valence-electron chi connectivity index (χ1n) is 8.28. The van der Waals surface area contributed by atoms with Crippen molar-refractivity contribution in [3.05, 3.63) is 0 Å². The van der Waals surface area contributed by atoms with Gasteiger partial charge in [-0.1, -0.05) is 26.2 Å². The van der Waals surface area contributed by atoms with E-state index < -0.39 is 0 Å². The molecule has 1 heterocycles. The van der Waals surface area contributed by atoms with Crippen LogP contribution < -0.4 is 5.32 Å². The molecule has 1 saturated heterocycles. The van der Waals surface area contributed by atoms with Crippen LogP contribution in [0.15, 0.2) is 0 Å². The van der Waals surface area contributed by atoms with Crippen LogP contribution in [0.5, 0.6) is 0 Å². The quantitative estimate of drug-likeness (QED) is 0.806. The van der Waals surface area contributed by atoms with E-state index in [1.54, 1.807) is 0 Å². The summed E-state index contributed by atoms with van der Waals surface area (Å²) in [6.45, 7) is 8.53. The van der Waals surface area contributed by atoms with E-state index in [2.05, 4.69) is 24.1 Å². The molecule has 2 aliphatic rings. The second-order valence-corrected chi connectivity index (χ2v) is 6.41. The molecule has 0 aromatic heterocycles. The van der Waals surface area contributed by atoms with Gasteiger partial charge in [0, 0.05) is 12.1 Å². The molecule has 2 fully saturated rings. The van der Waals surface area contributed by atoms with Crippen LogP contribution in [0.4, 0.5) is 0 Å². The topological polar surface area (TPSA) is 15.3 Å². The standard InChI is InChI=1S/C16H32N2/c1-3-11-17-14(2)15-9-12-18(13-10-15)16-7-5-4-6-8-16/h14-17H,3-13H2,1-2H3. The molecule has 1 aliphatic heterocycles. The lowest BCUT2D eigenvalue weighted by atomic mass is 9.87. The maximum Gasteiger partial charge on any atom is 0.00952 e. The van der Waals surface area contributed by atoms with Gasteiger partial charge in [0.1, 0.15) is 0 Å². The van der Waals surface area contributed by atoms with Gasteiger partial charge in [-0.05, 0) is 64.6 Å². The molecule has 0 radical (unpaired) electrons. The number of likely N-dealkylation sites (tertiary alicyclic amines) is 1. The molecule has 1 unspecified atom stereocenters. The van der Waals surface area contributed by atoms with Gasteiger partial charge in [0.15, 0.2) is 0 Å². The molecular formula is C16H32N2. The number of nitrogens with zero attached hydrogens (tertiary/aromatic N) is 1. The van der Waals surface area contributed by atoms with Crippen molar-refractivity contribution in [2.24, 2.45) is 5.92 Å². The molecule has 0 spiro atoms. The lowest BCUT2D eigenvalue weighted by Crippen LogP contribution is -2.46. The molecule has 2 rings (SSSR count). The van der Waals surface area contributed by atoms with Gasteiger partial charge in [0.25, 0.3) is 0 Å². The summed E-state index contributed by atoms with van der Waals surface area (Å²) in [6, 6.07) is 1.65. The predicted octanol–water partition coefficient (Wildman–Crippen LogP) is 3.42. The normalized spacial score (nSPS) is 26.3. The first kappa shape index (κ1) is 14.3. The summed E-state index contributed by atoms with van der Waals surface area (Å²) in [7, 11) is 0. The second-order valence-electron chi connectivity index (χ2n) is 6.41. The van der Waals surface area contributed by atoms with Crippen LogP contribution in [0.3, 0.4) is 0 Å². The van der Waals surface area contributed by atoms with Gasteiger partial charge in [-0.3, -0.25) is 0 Å². The third kappa shape index (κ3) is 3.96. The summed E-state index contributed by atoms with van der Waals surface area (Å²) in [5.74, 6) is 0.913. The SMILES string of the molecule is CCCNC(C)C1CCN(C2CCCCC2)CC1. The second kappa shape index (κ2) is 7.49. The van der Waals surface area contributed by atoms with E-state index in [1.165, 1.54) is 71.0 Å². The molecule has 0 amide bonds. The molecule has 2 heteroatoms. The summed E-state index contributed by atoms with van der Waals surface area (Å²) in [5.41, 5.74) is 0. The summed E-state index contributed by atoms with van der Waals surface area (Å²) >= 11 is 0. The molecule has 2 nitrogen and oxygen atoms in total. The van der Waals surface area contributed by atoms with Crippen molar-refractivity contribution in [2.75, 3.05) is 19.6 Å². The Labute approximate surface area is 114 Å². The first-order valence-corrected chi connectivity index (χ1v) is 8.28. The molecule has 0 aromatic carbocycles. The zero-order valence-electron chi connectivity index (χ0n) is 12.5.